The van der Waals surface area contributed by atoms with Crippen molar-refractivity contribution in [2.45, 2.75) is 19.3 Å². The minimum Gasteiger partial charge on any atom is -0.366 e. The van der Waals surface area contributed by atoms with Crippen molar-refractivity contribution < 1.29 is 4.79 Å². The number of aromatic amines is 1. The van der Waals surface area contributed by atoms with E-state index in [4.69, 9.17) is 0 Å². The molecule has 5 heteroatoms. The van der Waals surface area contributed by atoms with Gasteiger partial charge in [-0.05, 0) is 31.4 Å². The number of H-pyrrole nitrogens is 1. The van der Waals surface area contributed by atoms with Gasteiger partial charge in [0.2, 0.25) is 0 Å². The third-order valence-corrected chi connectivity index (χ3v) is 4.53. The molecule has 3 heterocycles. The number of nitrogens with one attached hydrogen (secondary N) is 1. The molecule has 0 saturated carbocycles. The van der Waals surface area contributed by atoms with Crippen molar-refractivity contribution in [3.63, 3.8) is 0 Å². The highest BCUT2D eigenvalue weighted by atomic mass is 16.2. The van der Waals surface area contributed by atoms with E-state index in [1.54, 1.807) is 6.20 Å². The minimum absolute atomic E-state index is 0.110. The number of aromatic nitrogens is 3. The molecule has 122 valence electrons. The molecule has 1 aliphatic rings. The zero-order valence-electron chi connectivity index (χ0n) is 13.5. The number of piperidine rings is 1. The maximum Gasteiger partial charge on any atom is 0.256 e. The summed E-state index contributed by atoms with van der Waals surface area (Å²) in [6.45, 7) is 1.71. The number of hydrogen-bond acceptors (Lipinski definition) is 2. The molecular weight excluding hydrogens is 300 g/mol. The Kier molecular flexibility index (Phi) is 3.91. The highest BCUT2D eigenvalue weighted by molar-refractivity contribution is 6.00. The lowest BCUT2D eigenvalue weighted by Crippen LogP contribution is -2.35. The van der Waals surface area contributed by atoms with Crippen LogP contribution >= 0.6 is 0 Å². The number of amides is 1. The highest BCUT2D eigenvalue weighted by Crippen LogP contribution is 2.26. The summed E-state index contributed by atoms with van der Waals surface area (Å²) in [4.78, 5) is 17.8. The van der Waals surface area contributed by atoms with Crippen molar-refractivity contribution in [2.75, 3.05) is 13.1 Å². The van der Waals surface area contributed by atoms with Crippen molar-refractivity contribution in [2.24, 2.45) is 0 Å². The first-order valence-electron chi connectivity index (χ1n) is 8.39. The fraction of sp³-hybridized carbons (Fsp3) is 0.263. The highest BCUT2D eigenvalue weighted by Gasteiger charge is 2.22. The maximum atomic E-state index is 12.8. The molecule has 0 atom stereocenters. The van der Waals surface area contributed by atoms with Crippen LogP contribution in [0.1, 0.15) is 29.6 Å². The first-order chi connectivity index (χ1) is 11.8. The van der Waals surface area contributed by atoms with E-state index in [1.165, 1.54) is 6.42 Å². The molecule has 1 N–H and O–H groups in total. The van der Waals surface area contributed by atoms with Gasteiger partial charge in [0.25, 0.3) is 5.91 Å². The summed E-state index contributed by atoms with van der Waals surface area (Å²) < 4.78 is 1.83. The second kappa shape index (κ2) is 6.35. The molecule has 0 bridgehead atoms. The van der Waals surface area contributed by atoms with E-state index in [1.807, 2.05) is 58.5 Å². The average Bonchev–Trinajstić information content (AvgIpc) is 3.32. The summed E-state index contributed by atoms with van der Waals surface area (Å²) in [6.07, 6.45) is 10.9. The molecule has 0 unspecified atom stereocenters. The second-order valence-corrected chi connectivity index (χ2v) is 6.14. The lowest BCUT2D eigenvalue weighted by atomic mass is 10.1. The van der Waals surface area contributed by atoms with Crippen LogP contribution in [0.3, 0.4) is 0 Å². The third kappa shape index (κ3) is 2.73. The van der Waals surface area contributed by atoms with Gasteiger partial charge in [-0.25, -0.2) is 4.68 Å². The zero-order chi connectivity index (χ0) is 16.4. The molecule has 3 aromatic rings. The molecule has 4 rings (SSSR count). The fourth-order valence-electron chi connectivity index (χ4n) is 3.23. The van der Waals surface area contributed by atoms with Gasteiger partial charge in [0.15, 0.2) is 0 Å². The van der Waals surface area contributed by atoms with Crippen molar-refractivity contribution in [1.82, 2.24) is 19.7 Å². The summed E-state index contributed by atoms with van der Waals surface area (Å²) in [6, 6.07) is 9.97. The molecule has 24 heavy (non-hydrogen) atoms. The number of carbonyl (C=O) groups excluding carboxylic acids is 1. The predicted octanol–water partition coefficient (Wildman–Crippen LogP) is 3.49. The Morgan fingerprint density at radius 1 is 1.04 bits per heavy atom. The average molecular weight is 320 g/mol. The van der Waals surface area contributed by atoms with Gasteiger partial charge in [0.05, 0.1) is 17.4 Å². The van der Waals surface area contributed by atoms with Crippen molar-refractivity contribution in [3.8, 4) is 16.8 Å². The van der Waals surface area contributed by atoms with Crippen LogP contribution in [0.2, 0.25) is 0 Å². The van der Waals surface area contributed by atoms with Crippen LogP contribution in [0.15, 0.2) is 55.1 Å². The lowest BCUT2D eigenvalue weighted by Gasteiger charge is -2.26. The summed E-state index contributed by atoms with van der Waals surface area (Å²) in [5.41, 5.74) is 3.58. The monoisotopic (exact) mass is 320 g/mol. The molecule has 0 radical (unpaired) electrons. The molecule has 5 nitrogen and oxygen atoms in total. The first kappa shape index (κ1) is 14.8. The Morgan fingerprint density at radius 3 is 2.62 bits per heavy atom. The van der Waals surface area contributed by atoms with Gasteiger partial charge in [-0.1, -0.05) is 18.2 Å². The summed E-state index contributed by atoms with van der Waals surface area (Å²) in [5, 5.41) is 4.43. The first-order valence-corrected chi connectivity index (χ1v) is 8.39. The normalized spacial score (nSPS) is 14.8. The van der Waals surface area contributed by atoms with Crippen molar-refractivity contribution in [1.29, 1.82) is 0 Å². The van der Waals surface area contributed by atoms with E-state index in [0.717, 1.165) is 48.3 Å². The van der Waals surface area contributed by atoms with Crippen LogP contribution in [-0.4, -0.2) is 38.7 Å². The quantitative estimate of drug-likeness (QED) is 0.803. The number of carbonyl (C=O) groups is 1. The van der Waals surface area contributed by atoms with Crippen LogP contribution in [-0.2, 0) is 0 Å². The lowest BCUT2D eigenvalue weighted by molar-refractivity contribution is 0.0725. The number of nitrogens with zero attached hydrogens (tertiary/aromatic N) is 3. The van der Waals surface area contributed by atoms with Crippen molar-refractivity contribution in [3.05, 3.63) is 60.7 Å². The van der Waals surface area contributed by atoms with Gasteiger partial charge in [-0.3, -0.25) is 4.79 Å². The van der Waals surface area contributed by atoms with E-state index in [0.29, 0.717) is 0 Å². The number of benzene rings is 1. The molecule has 1 aromatic carbocycles. The Balaban J connectivity index is 1.63. The zero-order valence-corrected chi connectivity index (χ0v) is 13.5. The molecule has 1 fully saturated rings. The van der Waals surface area contributed by atoms with Crippen LogP contribution < -0.4 is 0 Å². The molecule has 0 aliphatic carbocycles. The standard InChI is InChI=1S/C19H20N4O/c24-19(22-9-5-2-6-10-22)18-13-20-12-17(18)15-11-21-23(14-15)16-7-3-1-4-8-16/h1,3-4,7-8,11-14,20H,2,5-6,9-10H2. The van der Waals surface area contributed by atoms with Crippen LogP contribution in [0.25, 0.3) is 16.8 Å². The smallest absolute Gasteiger partial charge is 0.256 e. The predicted molar refractivity (Wildman–Crippen MR) is 93.1 cm³/mol. The van der Waals surface area contributed by atoms with E-state index in [-0.39, 0.29) is 5.91 Å². The van der Waals surface area contributed by atoms with Gasteiger partial charge >= 0.3 is 0 Å². The number of likely N-dealkylation sites (tertiary alicyclic amines) is 1. The van der Waals surface area contributed by atoms with Crippen LogP contribution in [0.4, 0.5) is 0 Å². The summed E-state index contributed by atoms with van der Waals surface area (Å²) in [7, 11) is 0. The van der Waals surface area contributed by atoms with Gasteiger partial charge in [-0.2, -0.15) is 5.10 Å². The molecule has 2 aromatic heterocycles. The van der Waals surface area contributed by atoms with Gasteiger partial charge < -0.3 is 9.88 Å². The molecule has 0 spiro atoms. The van der Waals surface area contributed by atoms with Gasteiger partial charge in [0, 0.05) is 42.8 Å². The van der Waals surface area contributed by atoms with Crippen molar-refractivity contribution >= 4 is 5.91 Å². The largest absolute Gasteiger partial charge is 0.366 e. The Morgan fingerprint density at radius 2 is 1.83 bits per heavy atom. The van der Waals surface area contributed by atoms with E-state index < -0.39 is 0 Å². The van der Waals surface area contributed by atoms with Gasteiger partial charge in [-0.15, -0.1) is 0 Å². The third-order valence-electron chi connectivity index (χ3n) is 4.53. The molecular formula is C19H20N4O. The number of hydrogen-bond donors (Lipinski definition) is 1. The number of para-hydroxylation sites is 1. The van der Waals surface area contributed by atoms with Crippen LogP contribution in [0, 0.1) is 0 Å². The second-order valence-electron chi connectivity index (χ2n) is 6.14. The van der Waals surface area contributed by atoms with E-state index >= 15 is 0 Å². The van der Waals surface area contributed by atoms with E-state index in [2.05, 4.69) is 10.1 Å². The Hall–Kier alpha value is -2.82. The molecule has 1 amide bonds. The Labute approximate surface area is 140 Å². The summed E-state index contributed by atoms with van der Waals surface area (Å²) in [5.74, 6) is 0.110. The van der Waals surface area contributed by atoms with Crippen LogP contribution in [0.5, 0.6) is 0 Å². The topological polar surface area (TPSA) is 53.9 Å². The van der Waals surface area contributed by atoms with E-state index in [9.17, 15) is 4.79 Å². The maximum absolute atomic E-state index is 12.8. The summed E-state index contributed by atoms with van der Waals surface area (Å²) >= 11 is 0. The fourth-order valence-corrected chi connectivity index (χ4v) is 3.23. The Bertz CT molecular complexity index is 828. The van der Waals surface area contributed by atoms with Gasteiger partial charge in [0.1, 0.15) is 0 Å². The molecule has 1 saturated heterocycles. The molecule has 1 aliphatic heterocycles. The SMILES string of the molecule is O=C(c1c[nH]cc1-c1cnn(-c2ccccc2)c1)N1CCCCC1. The minimum atomic E-state index is 0.110. The number of rotatable bonds is 3.